The summed E-state index contributed by atoms with van der Waals surface area (Å²) in [7, 11) is 0. The van der Waals surface area contributed by atoms with Crippen LogP contribution in [0.2, 0.25) is 5.02 Å². The predicted molar refractivity (Wildman–Crippen MR) is 131 cm³/mol. The van der Waals surface area contributed by atoms with Crippen molar-refractivity contribution in [1.29, 1.82) is 0 Å². The van der Waals surface area contributed by atoms with E-state index in [1.807, 2.05) is 17.8 Å². The van der Waals surface area contributed by atoms with Crippen LogP contribution in [0, 0.1) is 0 Å². The lowest BCUT2D eigenvalue weighted by molar-refractivity contribution is -0.138. The minimum atomic E-state index is -4.57. The van der Waals surface area contributed by atoms with Crippen LogP contribution in [-0.4, -0.2) is 40.9 Å². The van der Waals surface area contributed by atoms with Gasteiger partial charge in [0, 0.05) is 41.6 Å². The zero-order chi connectivity index (χ0) is 23.9. The van der Waals surface area contributed by atoms with Gasteiger partial charge in [0.2, 0.25) is 5.88 Å². The lowest BCUT2D eigenvalue weighted by Crippen LogP contribution is -2.32. The van der Waals surface area contributed by atoms with E-state index in [1.165, 1.54) is 23.5 Å². The van der Waals surface area contributed by atoms with E-state index in [2.05, 4.69) is 20.1 Å². The number of rotatable bonds is 4. The van der Waals surface area contributed by atoms with Gasteiger partial charge in [-0.3, -0.25) is 0 Å². The molecule has 0 amide bonds. The summed E-state index contributed by atoms with van der Waals surface area (Å²) in [5, 5.41) is 20.8. The highest BCUT2D eigenvalue weighted by Gasteiger charge is 2.34. The molecule has 1 N–H and O–H groups in total. The Bertz CT molecular complexity index is 1400. The second kappa shape index (κ2) is 9.24. The molecule has 3 heterocycles. The van der Waals surface area contributed by atoms with Crippen molar-refractivity contribution in [2.45, 2.75) is 12.6 Å². The molecule has 3 aromatic rings. The van der Waals surface area contributed by atoms with Gasteiger partial charge < -0.3 is 10.0 Å². The normalized spacial score (nSPS) is 16.4. The number of aromatic nitrogens is 1. The van der Waals surface area contributed by atoms with Crippen molar-refractivity contribution < 1.29 is 18.3 Å². The second-order valence-electron chi connectivity index (χ2n) is 7.82. The van der Waals surface area contributed by atoms with Gasteiger partial charge in [-0.1, -0.05) is 35.1 Å². The van der Waals surface area contributed by atoms with Gasteiger partial charge in [-0.25, -0.2) is 0 Å². The summed E-state index contributed by atoms with van der Waals surface area (Å²) in [4.78, 5) is 6.91. The summed E-state index contributed by atoms with van der Waals surface area (Å²) in [6, 6.07) is 9.14. The zero-order valence-electron chi connectivity index (χ0n) is 17.6. The summed E-state index contributed by atoms with van der Waals surface area (Å²) >= 11 is 9.03. The Morgan fingerprint density at radius 3 is 2.68 bits per heavy atom. The molecule has 0 saturated carbocycles. The molecule has 11 heteroatoms. The topological polar surface area (TPSA) is 61.1 Å². The molecule has 5 rings (SSSR count). The minimum absolute atomic E-state index is 0.0128. The molecule has 0 spiro atoms. The number of hydrogen-bond donors (Lipinski definition) is 1. The summed E-state index contributed by atoms with van der Waals surface area (Å²) < 4.78 is 41.5. The first-order valence-electron chi connectivity index (χ1n) is 10.4. The van der Waals surface area contributed by atoms with E-state index < -0.39 is 11.7 Å². The largest absolute Gasteiger partial charge is 0.492 e. The molecule has 1 aromatic heterocycles. The van der Waals surface area contributed by atoms with Gasteiger partial charge >= 0.3 is 6.18 Å². The molecule has 1 saturated heterocycles. The standard InChI is InChI=1S/C23H18ClF3N4OS2/c24-16-3-1-14(18(11-16)23(25,26)27)10-17(13-2-4-19-15(9-13)12-28-30-19)20-21(32)29-22(34-20)31-5-7-33-8-6-31/h1-4,9,11-12,32H,5-8,10H2. The maximum atomic E-state index is 13.8. The second-order valence-corrected chi connectivity index (χ2v) is 10.5. The third-order valence-electron chi connectivity index (χ3n) is 5.64. The van der Waals surface area contributed by atoms with Crippen LogP contribution in [0.25, 0.3) is 5.57 Å². The molecular formula is C23H18ClF3N4OS2. The molecule has 0 radical (unpaired) electrons. The molecule has 0 bridgehead atoms. The highest BCUT2D eigenvalue weighted by molar-refractivity contribution is 7.99. The third kappa shape index (κ3) is 4.67. The molecule has 1 fully saturated rings. The maximum absolute atomic E-state index is 13.8. The molecule has 176 valence electrons. The van der Waals surface area contributed by atoms with Crippen molar-refractivity contribution in [2.75, 3.05) is 29.5 Å². The monoisotopic (exact) mass is 522 g/mol. The first-order chi connectivity index (χ1) is 16.3. The number of fused-ring (bicyclic) bond motifs is 1. The minimum Gasteiger partial charge on any atom is -0.492 e. The molecule has 34 heavy (non-hydrogen) atoms. The molecule has 2 aromatic carbocycles. The van der Waals surface area contributed by atoms with Crippen molar-refractivity contribution in [2.24, 2.45) is 10.2 Å². The Morgan fingerprint density at radius 2 is 1.91 bits per heavy atom. The fourth-order valence-corrected chi connectivity index (χ4v) is 6.10. The van der Waals surface area contributed by atoms with E-state index >= 15 is 0 Å². The lowest BCUT2D eigenvalue weighted by atomic mass is 9.96. The molecule has 0 atom stereocenters. The van der Waals surface area contributed by atoms with Crippen molar-refractivity contribution in [3.8, 4) is 5.88 Å². The fourth-order valence-electron chi connectivity index (χ4n) is 3.95. The van der Waals surface area contributed by atoms with E-state index in [4.69, 9.17) is 11.6 Å². The van der Waals surface area contributed by atoms with Gasteiger partial charge in [0.25, 0.3) is 0 Å². The number of thiazole rings is 1. The number of halogens is 4. The van der Waals surface area contributed by atoms with Crippen LogP contribution in [0.3, 0.4) is 0 Å². The average molecular weight is 523 g/mol. The molecular weight excluding hydrogens is 505 g/mol. The van der Waals surface area contributed by atoms with Crippen LogP contribution in [0.1, 0.15) is 21.6 Å². The number of benzene rings is 2. The molecule has 0 aliphatic carbocycles. The molecule has 0 unspecified atom stereocenters. The van der Waals surface area contributed by atoms with Gasteiger partial charge in [0.05, 0.1) is 22.0 Å². The third-order valence-corrected chi connectivity index (χ3v) is 7.98. The predicted octanol–water partition coefficient (Wildman–Crippen LogP) is 4.48. The van der Waals surface area contributed by atoms with Crippen LogP contribution in [-0.2, 0) is 12.6 Å². The smallest absolute Gasteiger partial charge is 0.416 e. The Balaban J connectivity index is 1.67. The number of aromatic hydroxyl groups is 1. The van der Waals surface area contributed by atoms with Crippen molar-refractivity contribution in [1.82, 2.24) is 4.98 Å². The van der Waals surface area contributed by atoms with E-state index in [9.17, 15) is 18.3 Å². The quantitative estimate of drug-likeness (QED) is 0.549. The Hall–Kier alpha value is -2.56. The van der Waals surface area contributed by atoms with Gasteiger partial charge in [0.15, 0.2) is 5.13 Å². The van der Waals surface area contributed by atoms with E-state index in [0.29, 0.717) is 26.2 Å². The number of alkyl halides is 3. The Labute approximate surface area is 206 Å². The van der Waals surface area contributed by atoms with Gasteiger partial charge in [-0.05, 0) is 40.6 Å². The number of nitrogens with zero attached hydrogens (tertiary/aromatic N) is 4. The van der Waals surface area contributed by atoms with Gasteiger partial charge in [-0.15, -0.1) is 0 Å². The highest BCUT2D eigenvalue weighted by Crippen LogP contribution is 2.40. The maximum Gasteiger partial charge on any atom is 0.416 e. The number of hydrogen-bond acceptors (Lipinski definition) is 7. The van der Waals surface area contributed by atoms with Crippen molar-refractivity contribution in [3.63, 3.8) is 0 Å². The van der Waals surface area contributed by atoms with Crippen molar-refractivity contribution >= 4 is 51.6 Å². The summed E-state index contributed by atoms with van der Waals surface area (Å²) in [6.07, 6.45) is -3.03. The first-order valence-corrected chi connectivity index (χ1v) is 12.8. The first kappa shape index (κ1) is 23.2. The molecule has 2 aliphatic heterocycles. The Morgan fingerprint density at radius 1 is 1.12 bits per heavy atom. The number of anilines is 1. The molecule has 5 nitrogen and oxygen atoms in total. The van der Waals surface area contributed by atoms with Crippen LogP contribution in [0.4, 0.5) is 18.3 Å². The van der Waals surface area contributed by atoms with Gasteiger partial charge in [-0.2, -0.15) is 40.1 Å². The van der Waals surface area contributed by atoms with Crippen LogP contribution >= 0.6 is 34.7 Å². The Kier molecular flexibility index (Phi) is 6.30. The summed E-state index contributed by atoms with van der Waals surface area (Å²) in [5.41, 5.74) is 0.574. The zero-order valence-corrected chi connectivity index (χ0v) is 20.0. The van der Waals surface area contributed by atoms with Crippen LogP contribution in [0.5, 0.6) is 5.88 Å². The van der Waals surface area contributed by atoms with E-state index in [-0.39, 0.29) is 22.9 Å². The van der Waals surface area contributed by atoms with Crippen LogP contribution < -0.4 is 15.5 Å². The van der Waals surface area contributed by atoms with E-state index in [0.717, 1.165) is 36.2 Å². The van der Waals surface area contributed by atoms with Gasteiger partial charge in [0.1, 0.15) is 0 Å². The van der Waals surface area contributed by atoms with E-state index in [1.54, 1.807) is 18.3 Å². The average Bonchev–Trinajstić information content (AvgIpc) is 3.44. The van der Waals surface area contributed by atoms with Crippen molar-refractivity contribution in [3.05, 3.63) is 73.6 Å². The summed E-state index contributed by atoms with van der Waals surface area (Å²) in [6.45, 7) is 1.61. The molecule has 2 aliphatic rings. The fraction of sp³-hybridized carbons (Fsp3) is 0.261. The lowest BCUT2D eigenvalue weighted by Gasteiger charge is -2.25. The number of thioether (sulfide) groups is 1. The van der Waals surface area contributed by atoms with Crippen LogP contribution in [0.15, 0.2) is 46.6 Å². The summed E-state index contributed by atoms with van der Waals surface area (Å²) in [5.74, 6) is 1.73. The SMILES string of the molecule is Oc1nc(N2CCSCC2)sc1C(Cc1ccc(Cl)cc1C(F)(F)F)=c1ccc2c(c1)C=NN=2. The highest BCUT2D eigenvalue weighted by atomic mass is 35.5.